The molecule has 166 valence electrons. The van der Waals surface area contributed by atoms with Crippen molar-refractivity contribution >= 4 is 17.1 Å². The predicted molar refractivity (Wildman–Crippen MR) is 132 cm³/mol. The summed E-state index contributed by atoms with van der Waals surface area (Å²) < 4.78 is 6.93. The van der Waals surface area contributed by atoms with Crippen LogP contribution < -0.4 is 4.74 Å². The largest absolute Gasteiger partial charge is 0.497 e. The van der Waals surface area contributed by atoms with Gasteiger partial charge < -0.3 is 4.74 Å². The molecule has 34 heavy (non-hydrogen) atoms. The van der Waals surface area contributed by atoms with Crippen LogP contribution in [-0.2, 0) is 0 Å². The van der Waals surface area contributed by atoms with E-state index in [2.05, 4.69) is 29.2 Å². The van der Waals surface area contributed by atoms with E-state index < -0.39 is 0 Å². The minimum atomic E-state index is -0.205. The van der Waals surface area contributed by atoms with Gasteiger partial charge in [-0.2, -0.15) is 0 Å². The number of hydrogen-bond donors (Lipinski definition) is 0. The summed E-state index contributed by atoms with van der Waals surface area (Å²) in [6, 6.07) is 28.8. The smallest absolute Gasteiger partial charge is 0.209 e. The molecule has 0 aliphatic rings. The van der Waals surface area contributed by atoms with Crippen molar-refractivity contribution in [2.45, 2.75) is 6.92 Å². The van der Waals surface area contributed by atoms with Crippen molar-refractivity contribution < 1.29 is 14.3 Å². The highest BCUT2D eigenvalue weighted by Gasteiger charge is 2.20. The molecule has 5 nitrogen and oxygen atoms in total. The van der Waals surface area contributed by atoms with Gasteiger partial charge in [0, 0.05) is 16.7 Å². The maximum atomic E-state index is 13.3. The van der Waals surface area contributed by atoms with Gasteiger partial charge >= 0.3 is 0 Å². The number of aromatic nitrogens is 2. The van der Waals surface area contributed by atoms with E-state index in [1.807, 2.05) is 36.4 Å². The lowest BCUT2D eigenvalue weighted by Gasteiger charge is -2.07. The Kier molecular flexibility index (Phi) is 5.52. The summed E-state index contributed by atoms with van der Waals surface area (Å²) in [4.78, 5) is 30.3. The van der Waals surface area contributed by atoms with E-state index in [0.717, 1.165) is 22.4 Å². The van der Waals surface area contributed by atoms with E-state index in [9.17, 15) is 9.59 Å². The second-order valence-corrected chi connectivity index (χ2v) is 8.03. The number of carbonyl (C=O) groups excluding carboxylic acids is 2. The van der Waals surface area contributed by atoms with E-state index in [1.54, 1.807) is 48.2 Å². The fourth-order valence-electron chi connectivity index (χ4n) is 4.09. The quantitative estimate of drug-likeness (QED) is 0.295. The lowest BCUT2D eigenvalue weighted by molar-refractivity contribution is 0.101. The van der Waals surface area contributed by atoms with Crippen LogP contribution in [-0.4, -0.2) is 28.1 Å². The van der Waals surface area contributed by atoms with Gasteiger partial charge in [-0.15, -0.1) is 0 Å². The molecule has 0 saturated heterocycles. The van der Waals surface area contributed by atoms with Gasteiger partial charge in [0.05, 0.1) is 24.0 Å². The number of methoxy groups -OCH3 is 1. The highest BCUT2D eigenvalue weighted by Crippen LogP contribution is 2.27. The van der Waals surface area contributed by atoms with Gasteiger partial charge in [0.1, 0.15) is 12.1 Å². The van der Waals surface area contributed by atoms with E-state index in [-0.39, 0.29) is 11.6 Å². The number of rotatable bonds is 6. The molecule has 0 aliphatic carbocycles. The second-order valence-electron chi connectivity index (χ2n) is 8.03. The molecule has 0 unspecified atom stereocenters. The molecule has 0 radical (unpaired) electrons. The fourth-order valence-corrected chi connectivity index (χ4v) is 4.09. The summed E-state index contributed by atoms with van der Waals surface area (Å²) in [5.41, 5.74) is 5.91. The third kappa shape index (κ3) is 3.88. The first-order valence-electron chi connectivity index (χ1n) is 10.9. The fraction of sp³-hybridized carbons (Fsp3) is 0.0690. The first-order chi connectivity index (χ1) is 16.5. The van der Waals surface area contributed by atoms with Crippen molar-refractivity contribution in [3.8, 4) is 28.1 Å². The van der Waals surface area contributed by atoms with Crippen LogP contribution in [0.4, 0.5) is 0 Å². The topological polar surface area (TPSA) is 60.7 Å². The number of fused-ring (bicyclic) bond motifs is 1. The lowest BCUT2D eigenvalue weighted by Crippen LogP contribution is -2.06. The van der Waals surface area contributed by atoms with Crippen molar-refractivity contribution in [2.24, 2.45) is 0 Å². The molecule has 0 N–H and O–H groups in total. The van der Waals surface area contributed by atoms with E-state index >= 15 is 0 Å². The van der Waals surface area contributed by atoms with Crippen molar-refractivity contribution in [3.05, 3.63) is 114 Å². The van der Waals surface area contributed by atoms with Crippen LogP contribution in [0.5, 0.6) is 5.75 Å². The minimum Gasteiger partial charge on any atom is -0.497 e. The van der Waals surface area contributed by atoms with Crippen molar-refractivity contribution in [2.75, 3.05) is 7.11 Å². The third-order valence-electron chi connectivity index (χ3n) is 5.89. The van der Waals surface area contributed by atoms with E-state index in [0.29, 0.717) is 28.1 Å². The number of benzene rings is 3. The van der Waals surface area contributed by atoms with Gasteiger partial charge in [0.2, 0.25) is 5.78 Å². The first-order valence-corrected chi connectivity index (χ1v) is 10.9. The average Bonchev–Trinajstić information content (AvgIpc) is 3.28. The molecule has 5 aromatic rings. The first kappa shape index (κ1) is 21.3. The van der Waals surface area contributed by atoms with Gasteiger partial charge in [-0.1, -0.05) is 66.7 Å². The SMILES string of the molecule is COc1cccc(C(=O)c2cc(C(C)=O)c3cc(-c4ccc(-c5ccccc5)cc4)ncn23)c1. The van der Waals surface area contributed by atoms with Crippen LogP contribution in [0.3, 0.4) is 0 Å². The molecule has 0 bridgehead atoms. The standard InChI is InChI=1S/C29H22N2O3/c1-19(32)25-16-28(29(33)23-9-6-10-24(15-23)34-2)31-18-30-26(17-27(25)31)22-13-11-21(12-14-22)20-7-4-3-5-8-20/h3-18H,1-2H3. The maximum absolute atomic E-state index is 13.3. The number of carbonyl (C=O) groups is 2. The Hall–Kier alpha value is -4.51. The second kappa shape index (κ2) is 8.79. The zero-order valence-corrected chi connectivity index (χ0v) is 18.9. The number of Topliss-reactive ketones (excluding diaryl/α,β-unsaturated/α-hetero) is 1. The predicted octanol–water partition coefficient (Wildman–Crippen LogP) is 6.11. The molecular weight excluding hydrogens is 424 g/mol. The molecule has 3 aromatic carbocycles. The minimum absolute atomic E-state index is 0.112. The summed E-state index contributed by atoms with van der Waals surface area (Å²) >= 11 is 0. The third-order valence-corrected chi connectivity index (χ3v) is 5.89. The van der Waals surface area contributed by atoms with Gasteiger partial charge in [-0.3, -0.25) is 14.0 Å². The average molecular weight is 447 g/mol. The summed E-state index contributed by atoms with van der Waals surface area (Å²) in [6.45, 7) is 1.50. The van der Waals surface area contributed by atoms with Gasteiger partial charge in [0.25, 0.3) is 0 Å². The van der Waals surface area contributed by atoms with Crippen molar-refractivity contribution in [3.63, 3.8) is 0 Å². The monoisotopic (exact) mass is 446 g/mol. The van der Waals surface area contributed by atoms with Gasteiger partial charge in [0.15, 0.2) is 5.78 Å². The van der Waals surface area contributed by atoms with Crippen molar-refractivity contribution in [1.29, 1.82) is 0 Å². The molecule has 0 fully saturated rings. The maximum Gasteiger partial charge on any atom is 0.209 e. The molecule has 0 atom stereocenters. The Balaban J connectivity index is 1.56. The number of ketones is 2. The molecule has 5 rings (SSSR count). The van der Waals surface area contributed by atoms with Gasteiger partial charge in [-0.25, -0.2) is 4.98 Å². The van der Waals surface area contributed by atoms with Crippen LogP contribution >= 0.6 is 0 Å². The highest BCUT2D eigenvalue weighted by molar-refractivity contribution is 6.12. The van der Waals surface area contributed by atoms with Crippen LogP contribution in [0.1, 0.15) is 33.3 Å². The molecule has 0 spiro atoms. The zero-order chi connectivity index (χ0) is 23.7. The Morgan fingerprint density at radius 2 is 1.50 bits per heavy atom. The molecule has 2 heterocycles. The highest BCUT2D eigenvalue weighted by atomic mass is 16.5. The summed E-state index contributed by atoms with van der Waals surface area (Å²) in [5, 5.41) is 0. The van der Waals surface area contributed by atoms with Crippen LogP contribution in [0.15, 0.2) is 97.3 Å². The Morgan fingerprint density at radius 1 is 0.794 bits per heavy atom. The Morgan fingerprint density at radius 3 is 2.21 bits per heavy atom. The molecule has 0 amide bonds. The van der Waals surface area contributed by atoms with Gasteiger partial charge in [-0.05, 0) is 42.3 Å². The Bertz CT molecular complexity index is 1520. The normalized spacial score (nSPS) is 10.9. The summed E-state index contributed by atoms with van der Waals surface area (Å²) in [5.74, 6) is 0.278. The van der Waals surface area contributed by atoms with Crippen LogP contribution in [0.2, 0.25) is 0 Å². The summed E-state index contributed by atoms with van der Waals surface area (Å²) in [6.07, 6.45) is 1.61. The van der Waals surface area contributed by atoms with E-state index in [4.69, 9.17) is 4.74 Å². The van der Waals surface area contributed by atoms with Crippen LogP contribution in [0, 0.1) is 0 Å². The molecule has 0 aliphatic heterocycles. The lowest BCUT2D eigenvalue weighted by atomic mass is 10.0. The number of ether oxygens (including phenoxy) is 1. The zero-order valence-electron chi connectivity index (χ0n) is 18.9. The number of nitrogens with zero attached hydrogens (tertiary/aromatic N) is 2. The summed E-state index contributed by atoms with van der Waals surface area (Å²) in [7, 11) is 1.56. The molecule has 2 aromatic heterocycles. The molecule has 5 heteroatoms. The molecule has 0 saturated carbocycles. The Labute approximate surface area is 197 Å². The van der Waals surface area contributed by atoms with Crippen LogP contribution in [0.25, 0.3) is 27.9 Å². The molecular formula is C29H22N2O3. The number of hydrogen-bond acceptors (Lipinski definition) is 4. The van der Waals surface area contributed by atoms with E-state index in [1.165, 1.54) is 6.92 Å². The van der Waals surface area contributed by atoms with Crippen molar-refractivity contribution in [1.82, 2.24) is 9.38 Å².